The van der Waals surface area contributed by atoms with Gasteiger partial charge in [0.15, 0.2) is 0 Å². The first-order valence-electron chi connectivity index (χ1n) is 4.58. The van der Waals surface area contributed by atoms with Crippen LogP contribution in [-0.4, -0.2) is 9.78 Å². The lowest BCUT2D eigenvalue weighted by atomic mass is 10.3. The lowest BCUT2D eigenvalue weighted by molar-refractivity contribution is 0.845. The van der Waals surface area contributed by atoms with Crippen LogP contribution in [0.5, 0.6) is 0 Å². The van der Waals surface area contributed by atoms with Gasteiger partial charge in [-0.2, -0.15) is 5.10 Å². The molecule has 78 valence electrons. The molecule has 1 heterocycles. The molecule has 0 saturated carbocycles. The third kappa shape index (κ3) is 2.16. The predicted octanol–water partition coefficient (Wildman–Crippen LogP) is 3.84. The fraction of sp³-hybridized carbons (Fsp3) is 0.182. The van der Waals surface area contributed by atoms with Crippen LogP contribution in [-0.2, 0) is 5.33 Å². The van der Waals surface area contributed by atoms with E-state index in [1.54, 1.807) is 0 Å². The van der Waals surface area contributed by atoms with Gasteiger partial charge >= 0.3 is 0 Å². The van der Waals surface area contributed by atoms with Crippen LogP contribution in [0.3, 0.4) is 0 Å². The van der Waals surface area contributed by atoms with Gasteiger partial charge in [0.2, 0.25) is 0 Å². The Morgan fingerprint density at radius 1 is 1.27 bits per heavy atom. The summed E-state index contributed by atoms with van der Waals surface area (Å²) in [4.78, 5) is 0. The summed E-state index contributed by atoms with van der Waals surface area (Å²) in [5.74, 6) is 0. The smallest absolute Gasteiger partial charge is 0.0649 e. The summed E-state index contributed by atoms with van der Waals surface area (Å²) in [6.07, 6.45) is 1.89. The second kappa shape index (κ2) is 4.49. The van der Waals surface area contributed by atoms with E-state index in [0.717, 1.165) is 15.5 Å². The Bertz CT molecular complexity index is 460. The van der Waals surface area contributed by atoms with E-state index in [0.29, 0.717) is 0 Å². The minimum Gasteiger partial charge on any atom is -0.238 e. The number of rotatable bonds is 2. The van der Waals surface area contributed by atoms with Crippen LogP contribution in [0.1, 0.15) is 11.3 Å². The summed E-state index contributed by atoms with van der Waals surface area (Å²) in [5.41, 5.74) is 3.48. The highest BCUT2D eigenvalue weighted by molar-refractivity contribution is 9.10. The van der Waals surface area contributed by atoms with Crippen molar-refractivity contribution in [3.63, 3.8) is 0 Å². The number of halogens is 2. The largest absolute Gasteiger partial charge is 0.238 e. The lowest BCUT2D eigenvalue weighted by Crippen LogP contribution is -1.98. The second-order valence-electron chi connectivity index (χ2n) is 3.28. The molecule has 2 rings (SSSR count). The Morgan fingerprint density at radius 3 is 2.47 bits per heavy atom. The molecule has 0 spiro atoms. The molecule has 0 N–H and O–H groups in total. The molecule has 0 amide bonds. The van der Waals surface area contributed by atoms with Gasteiger partial charge in [-0.3, -0.25) is 0 Å². The Balaban J connectivity index is 2.45. The number of benzene rings is 1. The van der Waals surface area contributed by atoms with E-state index in [1.165, 1.54) is 11.3 Å². The molecule has 15 heavy (non-hydrogen) atoms. The zero-order valence-electron chi connectivity index (χ0n) is 8.24. The van der Waals surface area contributed by atoms with E-state index in [2.05, 4.69) is 43.9 Å². The molecule has 0 aliphatic carbocycles. The van der Waals surface area contributed by atoms with Crippen molar-refractivity contribution in [3.05, 3.63) is 46.2 Å². The van der Waals surface area contributed by atoms with Crippen molar-refractivity contribution >= 4 is 31.9 Å². The average Bonchev–Trinajstić information content (AvgIpc) is 2.61. The summed E-state index contributed by atoms with van der Waals surface area (Å²) in [6, 6.07) is 8.12. The molecule has 0 bridgehead atoms. The van der Waals surface area contributed by atoms with Crippen molar-refractivity contribution in [2.45, 2.75) is 12.3 Å². The van der Waals surface area contributed by atoms with Gasteiger partial charge < -0.3 is 0 Å². The van der Waals surface area contributed by atoms with Crippen molar-refractivity contribution in [1.29, 1.82) is 0 Å². The molecular weight excluding hydrogens is 320 g/mol. The normalized spacial score (nSPS) is 10.6. The fourth-order valence-corrected chi connectivity index (χ4v) is 2.23. The van der Waals surface area contributed by atoms with Crippen molar-refractivity contribution in [2.24, 2.45) is 0 Å². The standard InChI is InChI=1S/C11H10Br2N2/c1-8-9(6-12)7-14-15(8)11-4-2-10(13)3-5-11/h2-5,7H,6H2,1H3. The molecule has 4 heteroatoms. The second-order valence-corrected chi connectivity index (χ2v) is 4.75. The van der Waals surface area contributed by atoms with Gasteiger partial charge in [-0.05, 0) is 31.2 Å². The lowest BCUT2D eigenvalue weighted by Gasteiger charge is -2.04. The van der Waals surface area contributed by atoms with Crippen molar-refractivity contribution < 1.29 is 0 Å². The minimum absolute atomic E-state index is 0.843. The van der Waals surface area contributed by atoms with Crippen LogP contribution in [0.15, 0.2) is 34.9 Å². The summed E-state index contributed by atoms with van der Waals surface area (Å²) in [7, 11) is 0. The van der Waals surface area contributed by atoms with Crippen molar-refractivity contribution in [1.82, 2.24) is 9.78 Å². The monoisotopic (exact) mass is 328 g/mol. The quantitative estimate of drug-likeness (QED) is 0.765. The Hall–Kier alpha value is -0.610. The molecule has 2 aromatic rings. The minimum atomic E-state index is 0.843. The van der Waals surface area contributed by atoms with Gasteiger partial charge in [0.05, 0.1) is 11.9 Å². The number of nitrogens with zero attached hydrogens (tertiary/aromatic N) is 2. The van der Waals surface area contributed by atoms with Crippen LogP contribution in [0.4, 0.5) is 0 Å². The third-order valence-electron chi connectivity index (χ3n) is 2.33. The predicted molar refractivity (Wildman–Crippen MR) is 68.6 cm³/mol. The zero-order valence-corrected chi connectivity index (χ0v) is 11.4. The average molecular weight is 330 g/mol. The summed E-state index contributed by atoms with van der Waals surface area (Å²) >= 11 is 6.86. The Labute approximate surface area is 106 Å². The Morgan fingerprint density at radius 2 is 1.93 bits per heavy atom. The first kappa shape index (κ1) is 10.9. The van der Waals surface area contributed by atoms with Crippen molar-refractivity contribution in [2.75, 3.05) is 0 Å². The van der Waals surface area contributed by atoms with Crippen LogP contribution in [0.25, 0.3) is 5.69 Å². The van der Waals surface area contributed by atoms with Crippen LogP contribution in [0.2, 0.25) is 0 Å². The number of aromatic nitrogens is 2. The summed E-state index contributed by atoms with van der Waals surface area (Å²) < 4.78 is 3.03. The van der Waals surface area contributed by atoms with Gasteiger partial charge in [-0.15, -0.1) is 0 Å². The molecule has 1 aromatic heterocycles. The molecule has 0 atom stereocenters. The SMILES string of the molecule is Cc1c(CBr)cnn1-c1ccc(Br)cc1. The van der Waals surface area contributed by atoms with Gasteiger partial charge in [0, 0.05) is 21.1 Å². The Kier molecular flexibility index (Phi) is 3.26. The van der Waals surface area contributed by atoms with Gasteiger partial charge in [-0.25, -0.2) is 4.68 Å². The molecule has 0 fully saturated rings. The van der Waals surface area contributed by atoms with E-state index < -0.39 is 0 Å². The van der Waals surface area contributed by atoms with E-state index in [1.807, 2.05) is 35.1 Å². The maximum atomic E-state index is 4.36. The molecule has 0 saturated heterocycles. The van der Waals surface area contributed by atoms with E-state index in [4.69, 9.17) is 0 Å². The molecular formula is C11H10Br2N2. The van der Waals surface area contributed by atoms with Gasteiger partial charge in [-0.1, -0.05) is 31.9 Å². The first-order chi connectivity index (χ1) is 7.22. The maximum Gasteiger partial charge on any atom is 0.0649 e. The topological polar surface area (TPSA) is 17.8 Å². The van der Waals surface area contributed by atoms with Gasteiger partial charge in [0.25, 0.3) is 0 Å². The molecule has 2 nitrogen and oxygen atoms in total. The van der Waals surface area contributed by atoms with E-state index in [9.17, 15) is 0 Å². The highest BCUT2D eigenvalue weighted by Crippen LogP contribution is 2.18. The number of hydrogen-bond donors (Lipinski definition) is 0. The highest BCUT2D eigenvalue weighted by atomic mass is 79.9. The van der Waals surface area contributed by atoms with Crippen LogP contribution < -0.4 is 0 Å². The van der Waals surface area contributed by atoms with Gasteiger partial charge in [0.1, 0.15) is 0 Å². The summed E-state index contributed by atoms with van der Waals surface area (Å²) in [5, 5.41) is 5.20. The molecule has 1 aromatic carbocycles. The van der Waals surface area contributed by atoms with E-state index >= 15 is 0 Å². The molecule has 0 radical (unpaired) electrons. The fourth-order valence-electron chi connectivity index (χ4n) is 1.42. The zero-order chi connectivity index (χ0) is 10.8. The van der Waals surface area contributed by atoms with Crippen LogP contribution >= 0.6 is 31.9 Å². The highest BCUT2D eigenvalue weighted by Gasteiger charge is 2.06. The van der Waals surface area contributed by atoms with Crippen molar-refractivity contribution in [3.8, 4) is 5.69 Å². The molecule has 0 aliphatic rings. The third-order valence-corrected chi connectivity index (χ3v) is 3.46. The number of alkyl halides is 1. The van der Waals surface area contributed by atoms with E-state index in [-0.39, 0.29) is 0 Å². The first-order valence-corrected chi connectivity index (χ1v) is 6.49. The molecule has 0 unspecified atom stereocenters. The van der Waals surface area contributed by atoms with Crippen LogP contribution in [0, 0.1) is 6.92 Å². The summed E-state index contributed by atoms with van der Waals surface area (Å²) in [6.45, 7) is 2.08. The maximum absolute atomic E-state index is 4.36. The number of hydrogen-bond acceptors (Lipinski definition) is 1. The molecule has 0 aliphatic heterocycles.